The fourth-order valence-electron chi connectivity index (χ4n) is 1.20. The van der Waals surface area contributed by atoms with Gasteiger partial charge in [-0.05, 0) is 22.1 Å². The third kappa shape index (κ3) is 2.68. The fourth-order valence-corrected chi connectivity index (χ4v) is 1.20. The van der Waals surface area contributed by atoms with E-state index in [4.69, 9.17) is 0 Å². The van der Waals surface area contributed by atoms with Crippen molar-refractivity contribution in [2.24, 2.45) is 0 Å². The summed E-state index contributed by atoms with van der Waals surface area (Å²) in [6.07, 6.45) is -1.91. The summed E-state index contributed by atoms with van der Waals surface area (Å²) in [4.78, 5) is 0. The topological polar surface area (TPSA) is 43.6 Å². The maximum Gasteiger partial charge on any atom is 0.453 e. The van der Waals surface area contributed by atoms with Gasteiger partial charge in [0.25, 0.3) is 5.82 Å². The summed E-state index contributed by atoms with van der Waals surface area (Å²) in [6.45, 7) is 0. The normalized spacial score (nSPS) is 12.2. The van der Waals surface area contributed by atoms with Crippen molar-refractivity contribution in [1.82, 2.24) is 20.2 Å². The first-order valence-corrected chi connectivity index (χ1v) is 4.66. The van der Waals surface area contributed by atoms with Crippen LogP contribution in [0.15, 0.2) is 30.3 Å². The van der Waals surface area contributed by atoms with Gasteiger partial charge in [0.05, 0.1) is 0 Å². The molecule has 1 aromatic heterocycles. The predicted octanol–water partition coefficient (Wildman–Crippen LogP) is 2.32. The van der Waals surface area contributed by atoms with Gasteiger partial charge in [-0.25, -0.2) is 0 Å². The van der Waals surface area contributed by atoms with Crippen molar-refractivity contribution in [2.45, 2.75) is 6.18 Å². The van der Waals surface area contributed by atoms with Crippen LogP contribution in [0.4, 0.5) is 13.2 Å². The fraction of sp³-hybridized carbons (Fsp3) is 0.100. The Bertz CT molecular complexity index is 516. The lowest BCUT2D eigenvalue weighted by Crippen LogP contribution is -2.12. The van der Waals surface area contributed by atoms with E-state index in [1.54, 1.807) is 24.3 Å². The van der Waals surface area contributed by atoms with E-state index in [2.05, 4.69) is 15.5 Å². The summed E-state index contributed by atoms with van der Waals surface area (Å²) in [6, 6.07) is 8.89. The largest absolute Gasteiger partial charge is 0.453 e. The zero-order valence-electron chi connectivity index (χ0n) is 8.46. The number of hydrogen-bond donors (Lipinski definition) is 0. The van der Waals surface area contributed by atoms with Crippen LogP contribution in [0.1, 0.15) is 11.4 Å². The van der Waals surface area contributed by atoms with Gasteiger partial charge >= 0.3 is 6.18 Å². The van der Waals surface area contributed by atoms with E-state index in [1.165, 1.54) is 6.08 Å². The van der Waals surface area contributed by atoms with Crippen molar-refractivity contribution in [2.75, 3.05) is 0 Å². The van der Waals surface area contributed by atoms with Crippen LogP contribution >= 0.6 is 0 Å². The molecule has 0 bridgehead atoms. The Morgan fingerprint density at radius 2 is 1.82 bits per heavy atom. The molecular formula is C10H7F3N4. The highest BCUT2D eigenvalue weighted by Crippen LogP contribution is 2.26. The SMILES string of the molecule is FC(F)(F)c1nnnn1C=Cc1ccccc1. The standard InChI is InChI=1S/C10H7F3N4/c11-10(12,13)9-14-15-16-17(9)7-6-8-4-2-1-3-5-8/h1-7H. The molecule has 0 saturated carbocycles. The first-order valence-electron chi connectivity index (χ1n) is 4.66. The first kappa shape index (κ1) is 11.3. The van der Waals surface area contributed by atoms with Crippen LogP contribution in [0, 0.1) is 0 Å². The second-order valence-electron chi connectivity index (χ2n) is 3.17. The molecule has 0 aliphatic heterocycles. The Balaban J connectivity index is 2.26. The minimum absolute atomic E-state index is 0.590. The van der Waals surface area contributed by atoms with E-state index in [1.807, 2.05) is 6.07 Å². The molecule has 0 fully saturated rings. The van der Waals surface area contributed by atoms with E-state index >= 15 is 0 Å². The summed E-state index contributed by atoms with van der Waals surface area (Å²) in [5, 5.41) is 9.16. The molecule has 88 valence electrons. The van der Waals surface area contributed by atoms with Crippen molar-refractivity contribution >= 4 is 12.3 Å². The summed E-state index contributed by atoms with van der Waals surface area (Å²) < 4.78 is 37.8. The summed E-state index contributed by atoms with van der Waals surface area (Å²) in [7, 11) is 0. The van der Waals surface area contributed by atoms with Crippen LogP contribution in [0.3, 0.4) is 0 Å². The Kier molecular flexibility index (Phi) is 2.90. The molecule has 1 aromatic carbocycles. The van der Waals surface area contributed by atoms with Crippen LogP contribution in [-0.2, 0) is 6.18 Å². The smallest absolute Gasteiger partial charge is 0.196 e. The summed E-state index contributed by atoms with van der Waals surface area (Å²) in [5.74, 6) is -1.15. The van der Waals surface area contributed by atoms with E-state index in [9.17, 15) is 13.2 Å². The molecule has 2 aromatic rings. The van der Waals surface area contributed by atoms with Gasteiger partial charge in [-0.1, -0.05) is 30.3 Å². The zero-order valence-corrected chi connectivity index (χ0v) is 8.46. The monoisotopic (exact) mass is 240 g/mol. The van der Waals surface area contributed by atoms with Crippen LogP contribution in [0.5, 0.6) is 0 Å². The lowest BCUT2D eigenvalue weighted by atomic mass is 10.2. The van der Waals surface area contributed by atoms with E-state index in [0.717, 1.165) is 11.8 Å². The Labute approximate surface area is 94.4 Å². The minimum Gasteiger partial charge on any atom is -0.196 e. The molecule has 0 saturated heterocycles. The van der Waals surface area contributed by atoms with E-state index in [0.29, 0.717) is 4.68 Å². The highest BCUT2D eigenvalue weighted by molar-refractivity contribution is 5.59. The van der Waals surface area contributed by atoms with E-state index in [-0.39, 0.29) is 0 Å². The third-order valence-electron chi connectivity index (χ3n) is 1.95. The minimum atomic E-state index is -4.56. The van der Waals surface area contributed by atoms with Gasteiger partial charge in [0.2, 0.25) is 0 Å². The number of hydrogen-bond acceptors (Lipinski definition) is 3. The van der Waals surface area contributed by atoms with Gasteiger partial charge in [-0.2, -0.15) is 17.9 Å². The summed E-state index contributed by atoms with van der Waals surface area (Å²) in [5.41, 5.74) is 0.760. The second kappa shape index (κ2) is 4.36. The maximum atomic E-state index is 12.4. The predicted molar refractivity (Wildman–Crippen MR) is 54.5 cm³/mol. The molecular weight excluding hydrogens is 233 g/mol. The molecule has 2 rings (SSSR count). The second-order valence-corrected chi connectivity index (χ2v) is 3.17. The van der Waals surface area contributed by atoms with Crippen molar-refractivity contribution in [1.29, 1.82) is 0 Å². The molecule has 7 heteroatoms. The molecule has 17 heavy (non-hydrogen) atoms. The lowest BCUT2D eigenvalue weighted by molar-refractivity contribution is -0.146. The number of rotatable bonds is 2. The molecule has 0 unspecified atom stereocenters. The van der Waals surface area contributed by atoms with Crippen molar-refractivity contribution in [3.63, 3.8) is 0 Å². The molecule has 1 heterocycles. The molecule has 0 aliphatic rings. The number of aromatic nitrogens is 4. The number of benzene rings is 1. The maximum absolute atomic E-state index is 12.4. The molecule has 0 N–H and O–H groups in total. The zero-order chi connectivity index (χ0) is 12.3. The molecule has 4 nitrogen and oxygen atoms in total. The summed E-state index contributed by atoms with van der Waals surface area (Å²) >= 11 is 0. The molecule has 0 radical (unpaired) electrons. The first-order chi connectivity index (χ1) is 8.07. The average Bonchev–Trinajstić information content (AvgIpc) is 2.75. The van der Waals surface area contributed by atoms with Gasteiger partial charge in [0.1, 0.15) is 0 Å². The van der Waals surface area contributed by atoms with Crippen LogP contribution in [0.2, 0.25) is 0 Å². The van der Waals surface area contributed by atoms with Crippen molar-refractivity contribution < 1.29 is 13.2 Å². The van der Waals surface area contributed by atoms with Crippen LogP contribution < -0.4 is 0 Å². The van der Waals surface area contributed by atoms with Gasteiger partial charge in [-0.3, -0.25) is 0 Å². The Morgan fingerprint density at radius 1 is 1.12 bits per heavy atom. The highest BCUT2D eigenvalue weighted by atomic mass is 19.4. The van der Waals surface area contributed by atoms with Crippen molar-refractivity contribution in [3.8, 4) is 0 Å². The number of nitrogens with zero attached hydrogens (tertiary/aromatic N) is 4. The quantitative estimate of drug-likeness (QED) is 0.809. The Morgan fingerprint density at radius 3 is 2.47 bits per heavy atom. The molecule has 0 amide bonds. The molecule has 0 atom stereocenters. The van der Waals surface area contributed by atoms with Crippen LogP contribution in [-0.4, -0.2) is 20.2 Å². The van der Waals surface area contributed by atoms with Gasteiger partial charge in [0.15, 0.2) is 0 Å². The lowest BCUT2D eigenvalue weighted by Gasteiger charge is -2.02. The van der Waals surface area contributed by atoms with E-state index < -0.39 is 12.0 Å². The van der Waals surface area contributed by atoms with Gasteiger partial charge in [-0.15, -0.1) is 5.10 Å². The highest BCUT2D eigenvalue weighted by Gasteiger charge is 2.37. The Hall–Kier alpha value is -2.18. The average molecular weight is 240 g/mol. The third-order valence-corrected chi connectivity index (χ3v) is 1.95. The van der Waals surface area contributed by atoms with Gasteiger partial charge in [0, 0.05) is 6.20 Å². The molecule has 0 spiro atoms. The van der Waals surface area contributed by atoms with Crippen molar-refractivity contribution in [3.05, 3.63) is 41.7 Å². The number of tetrazole rings is 1. The van der Waals surface area contributed by atoms with Gasteiger partial charge < -0.3 is 0 Å². The van der Waals surface area contributed by atoms with Crippen LogP contribution in [0.25, 0.3) is 12.3 Å². The number of halogens is 3. The molecule has 0 aliphatic carbocycles. The number of alkyl halides is 3.